The lowest BCUT2D eigenvalue weighted by molar-refractivity contribution is 0.0688. The lowest BCUT2D eigenvalue weighted by Crippen LogP contribution is -2.05. The van der Waals surface area contributed by atoms with Gasteiger partial charge in [-0.05, 0) is 18.6 Å². The van der Waals surface area contributed by atoms with Crippen LogP contribution in [-0.4, -0.2) is 32.6 Å². The predicted molar refractivity (Wildman–Crippen MR) is 61.2 cm³/mol. The molecule has 100 valence electrons. The summed E-state index contributed by atoms with van der Waals surface area (Å²) in [4.78, 5) is 11.0. The van der Waals surface area contributed by atoms with Crippen LogP contribution in [0.1, 0.15) is 16.1 Å². The van der Waals surface area contributed by atoms with Crippen molar-refractivity contribution in [2.75, 3.05) is 6.61 Å². The van der Waals surface area contributed by atoms with Crippen LogP contribution in [0, 0.1) is 11.6 Å². The van der Waals surface area contributed by atoms with Crippen molar-refractivity contribution in [1.29, 1.82) is 0 Å². The molecule has 0 spiro atoms. The van der Waals surface area contributed by atoms with Crippen molar-refractivity contribution in [1.82, 2.24) is 9.78 Å². The second kappa shape index (κ2) is 5.15. The van der Waals surface area contributed by atoms with E-state index in [9.17, 15) is 13.6 Å². The number of carboxylic acids is 1. The number of benzene rings is 1. The molecule has 0 aliphatic rings. The zero-order valence-electron chi connectivity index (χ0n) is 9.68. The third-order valence-corrected chi connectivity index (χ3v) is 2.55. The average Bonchev–Trinajstić information content (AvgIpc) is 2.77. The molecule has 19 heavy (non-hydrogen) atoms. The molecule has 1 heterocycles. The first-order valence-electron chi connectivity index (χ1n) is 5.41. The van der Waals surface area contributed by atoms with Gasteiger partial charge in [-0.15, -0.1) is 0 Å². The van der Waals surface area contributed by atoms with Gasteiger partial charge in [0.25, 0.3) is 0 Å². The summed E-state index contributed by atoms with van der Waals surface area (Å²) in [6, 6.07) is 3.52. The first-order valence-corrected chi connectivity index (χ1v) is 5.41. The van der Waals surface area contributed by atoms with Gasteiger partial charge in [-0.1, -0.05) is 6.07 Å². The molecule has 0 aliphatic carbocycles. The molecule has 0 saturated carbocycles. The Morgan fingerprint density at radius 2 is 2.11 bits per heavy atom. The number of aliphatic hydroxyl groups is 1. The zero-order valence-corrected chi connectivity index (χ0v) is 9.68. The van der Waals surface area contributed by atoms with Gasteiger partial charge in [0.05, 0.1) is 0 Å². The second-order valence-electron chi connectivity index (χ2n) is 3.80. The number of nitrogens with zero attached hydrogens (tertiary/aromatic N) is 2. The van der Waals surface area contributed by atoms with Crippen molar-refractivity contribution in [3.05, 3.63) is 47.3 Å². The largest absolute Gasteiger partial charge is 0.476 e. The molecule has 2 aromatic rings. The molecule has 0 unspecified atom stereocenters. The normalized spacial score (nSPS) is 10.7. The molecule has 0 aliphatic heterocycles. The molecule has 1 aromatic heterocycles. The number of aliphatic hydroxyl groups excluding tert-OH is 1. The van der Waals surface area contributed by atoms with E-state index in [4.69, 9.17) is 10.2 Å². The van der Waals surface area contributed by atoms with Crippen molar-refractivity contribution < 1.29 is 23.8 Å². The highest BCUT2D eigenvalue weighted by Gasteiger charge is 2.18. The molecule has 2 N–H and O–H groups in total. The third-order valence-electron chi connectivity index (χ3n) is 2.55. The SMILES string of the molecule is O=C(O)c1nn(-c2cccc(F)c2F)cc1CCO. The summed E-state index contributed by atoms with van der Waals surface area (Å²) in [5, 5.41) is 21.5. The molecule has 1 aromatic carbocycles. The predicted octanol–water partition coefficient (Wildman–Crippen LogP) is 1.38. The van der Waals surface area contributed by atoms with E-state index in [2.05, 4.69) is 5.10 Å². The number of aromatic carboxylic acids is 1. The summed E-state index contributed by atoms with van der Waals surface area (Å²) in [7, 11) is 0. The van der Waals surface area contributed by atoms with E-state index >= 15 is 0 Å². The van der Waals surface area contributed by atoms with Gasteiger partial charge >= 0.3 is 5.97 Å². The minimum atomic E-state index is -1.29. The summed E-state index contributed by atoms with van der Waals surface area (Å²) < 4.78 is 27.6. The minimum absolute atomic E-state index is 0.0680. The van der Waals surface area contributed by atoms with Crippen molar-refractivity contribution in [2.45, 2.75) is 6.42 Å². The standard InChI is InChI=1S/C12H10F2N2O3/c13-8-2-1-3-9(10(8)14)16-6-7(4-5-17)11(15-16)12(18)19/h1-3,6,17H,4-5H2,(H,18,19). The molecule has 0 bridgehead atoms. The molecule has 7 heteroatoms. The lowest BCUT2D eigenvalue weighted by atomic mass is 10.2. The van der Waals surface area contributed by atoms with E-state index in [1.807, 2.05) is 0 Å². The summed E-state index contributed by atoms with van der Waals surface area (Å²) in [6.45, 7) is -0.266. The van der Waals surface area contributed by atoms with Gasteiger partial charge in [0.15, 0.2) is 17.3 Å². The van der Waals surface area contributed by atoms with Crippen molar-refractivity contribution in [2.24, 2.45) is 0 Å². The summed E-state index contributed by atoms with van der Waals surface area (Å²) in [5.41, 5.74) is -0.233. The Bertz CT molecular complexity index is 625. The maximum absolute atomic E-state index is 13.6. The monoisotopic (exact) mass is 268 g/mol. The number of hydrogen-bond acceptors (Lipinski definition) is 3. The molecule has 2 rings (SSSR count). The van der Waals surface area contributed by atoms with E-state index in [1.54, 1.807) is 0 Å². The summed E-state index contributed by atoms with van der Waals surface area (Å²) in [5.74, 6) is -3.45. The maximum Gasteiger partial charge on any atom is 0.356 e. The lowest BCUT2D eigenvalue weighted by Gasteiger charge is -2.02. The van der Waals surface area contributed by atoms with Gasteiger partial charge in [-0.2, -0.15) is 5.10 Å². The summed E-state index contributed by atoms with van der Waals surface area (Å²) >= 11 is 0. The van der Waals surface area contributed by atoms with E-state index in [-0.39, 0.29) is 30.0 Å². The van der Waals surface area contributed by atoms with Gasteiger partial charge in [0, 0.05) is 18.4 Å². The highest BCUT2D eigenvalue weighted by molar-refractivity contribution is 5.87. The van der Waals surface area contributed by atoms with Crippen LogP contribution in [0.15, 0.2) is 24.4 Å². The molecule has 0 amide bonds. The van der Waals surface area contributed by atoms with E-state index in [1.165, 1.54) is 18.3 Å². The number of rotatable bonds is 4. The number of carboxylic acid groups (broad SMARTS) is 1. The van der Waals surface area contributed by atoms with Crippen LogP contribution in [0.2, 0.25) is 0 Å². The fourth-order valence-electron chi connectivity index (χ4n) is 1.69. The minimum Gasteiger partial charge on any atom is -0.476 e. The van der Waals surface area contributed by atoms with Crippen LogP contribution < -0.4 is 0 Å². The molecular formula is C12H10F2N2O3. The Morgan fingerprint density at radius 3 is 2.74 bits per heavy atom. The van der Waals surface area contributed by atoms with E-state index in [0.29, 0.717) is 0 Å². The Hall–Kier alpha value is -2.28. The fraction of sp³-hybridized carbons (Fsp3) is 0.167. The Balaban J connectivity index is 2.54. The smallest absolute Gasteiger partial charge is 0.356 e. The Labute approximate surface area is 106 Å². The van der Waals surface area contributed by atoms with Crippen LogP contribution in [0.5, 0.6) is 0 Å². The molecular weight excluding hydrogens is 258 g/mol. The number of aromatic nitrogens is 2. The van der Waals surface area contributed by atoms with Gasteiger partial charge in [-0.3, -0.25) is 0 Å². The third kappa shape index (κ3) is 2.45. The van der Waals surface area contributed by atoms with Crippen molar-refractivity contribution in [3.63, 3.8) is 0 Å². The Morgan fingerprint density at radius 1 is 1.37 bits per heavy atom. The number of hydrogen-bond donors (Lipinski definition) is 2. The first-order chi connectivity index (χ1) is 9.04. The van der Waals surface area contributed by atoms with Gasteiger partial charge in [-0.25, -0.2) is 18.3 Å². The molecule has 0 atom stereocenters. The quantitative estimate of drug-likeness (QED) is 0.878. The maximum atomic E-state index is 13.6. The van der Waals surface area contributed by atoms with E-state index < -0.39 is 17.6 Å². The van der Waals surface area contributed by atoms with Gasteiger partial charge in [0.1, 0.15) is 5.69 Å². The number of carbonyl (C=O) groups is 1. The van der Waals surface area contributed by atoms with Crippen LogP contribution in [0.3, 0.4) is 0 Å². The first kappa shape index (κ1) is 13.2. The number of halogens is 2. The highest BCUT2D eigenvalue weighted by atomic mass is 19.2. The van der Waals surface area contributed by atoms with Crippen LogP contribution in [0.4, 0.5) is 8.78 Å². The van der Waals surface area contributed by atoms with Crippen molar-refractivity contribution in [3.8, 4) is 5.69 Å². The van der Waals surface area contributed by atoms with Gasteiger partial charge in [0.2, 0.25) is 0 Å². The second-order valence-corrected chi connectivity index (χ2v) is 3.80. The average molecular weight is 268 g/mol. The highest BCUT2D eigenvalue weighted by Crippen LogP contribution is 2.18. The van der Waals surface area contributed by atoms with Gasteiger partial charge < -0.3 is 10.2 Å². The molecule has 5 nitrogen and oxygen atoms in total. The van der Waals surface area contributed by atoms with E-state index in [0.717, 1.165) is 10.7 Å². The topological polar surface area (TPSA) is 75.3 Å². The zero-order chi connectivity index (χ0) is 14.0. The van der Waals surface area contributed by atoms with Crippen molar-refractivity contribution >= 4 is 5.97 Å². The van der Waals surface area contributed by atoms with Crippen LogP contribution in [-0.2, 0) is 6.42 Å². The molecule has 0 radical (unpaired) electrons. The molecule has 0 fully saturated rings. The fourth-order valence-corrected chi connectivity index (χ4v) is 1.69. The Kier molecular flexibility index (Phi) is 3.57. The molecule has 0 saturated heterocycles. The van der Waals surface area contributed by atoms with Crippen LogP contribution in [0.25, 0.3) is 5.69 Å². The summed E-state index contributed by atoms with van der Waals surface area (Å²) in [6.07, 6.45) is 1.33. The van der Waals surface area contributed by atoms with Crippen LogP contribution >= 0.6 is 0 Å².